The standard InChI is InChI=1S/C8H9NO3S2/c1-12-8(13)9-14(10,11)7-5-3-2-4-6-7/h2-6H,1H3,(H,9,13). The van der Waals surface area contributed by atoms with Crippen LogP contribution in [0.3, 0.4) is 0 Å². The molecule has 6 heteroatoms. The van der Waals surface area contributed by atoms with Gasteiger partial charge in [0.25, 0.3) is 15.2 Å². The lowest BCUT2D eigenvalue weighted by Gasteiger charge is -2.06. The fraction of sp³-hybridized carbons (Fsp3) is 0.125. The molecule has 0 amide bonds. The normalized spacial score (nSPS) is 10.6. The largest absolute Gasteiger partial charge is 0.474 e. The van der Waals surface area contributed by atoms with E-state index in [4.69, 9.17) is 0 Å². The van der Waals surface area contributed by atoms with Crippen molar-refractivity contribution in [2.45, 2.75) is 4.90 Å². The zero-order chi connectivity index (χ0) is 10.6. The highest BCUT2D eigenvalue weighted by atomic mass is 32.2. The first-order valence-electron chi connectivity index (χ1n) is 3.72. The number of benzene rings is 1. The number of methoxy groups -OCH3 is 1. The quantitative estimate of drug-likeness (QED) is 0.768. The van der Waals surface area contributed by atoms with E-state index in [-0.39, 0.29) is 10.1 Å². The Labute approximate surface area is 87.9 Å². The van der Waals surface area contributed by atoms with Gasteiger partial charge in [0.05, 0.1) is 12.0 Å². The van der Waals surface area contributed by atoms with Crippen molar-refractivity contribution in [3.05, 3.63) is 30.3 Å². The molecule has 1 aromatic carbocycles. The zero-order valence-corrected chi connectivity index (χ0v) is 9.06. The molecule has 14 heavy (non-hydrogen) atoms. The molecule has 0 saturated carbocycles. The van der Waals surface area contributed by atoms with Gasteiger partial charge in [-0.05, 0) is 24.4 Å². The first-order chi connectivity index (χ1) is 6.56. The molecule has 0 bridgehead atoms. The lowest BCUT2D eigenvalue weighted by atomic mass is 10.4. The molecule has 1 aromatic rings. The Hall–Kier alpha value is -1.14. The SMILES string of the molecule is COC(=S)NS(=O)(=O)c1ccccc1. The van der Waals surface area contributed by atoms with Gasteiger partial charge in [0.15, 0.2) is 0 Å². The monoisotopic (exact) mass is 231 g/mol. The summed E-state index contributed by atoms with van der Waals surface area (Å²) < 4.78 is 29.7. The van der Waals surface area contributed by atoms with E-state index in [0.717, 1.165) is 0 Å². The average molecular weight is 231 g/mol. The zero-order valence-electron chi connectivity index (χ0n) is 7.43. The van der Waals surface area contributed by atoms with E-state index in [9.17, 15) is 8.42 Å². The van der Waals surface area contributed by atoms with E-state index < -0.39 is 10.0 Å². The summed E-state index contributed by atoms with van der Waals surface area (Å²) in [7, 11) is -2.29. The number of hydrogen-bond acceptors (Lipinski definition) is 4. The van der Waals surface area contributed by atoms with Crippen LogP contribution in [0.15, 0.2) is 35.2 Å². The smallest absolute Gasteiger partial charge is 0.270 e. The molecular weight excluding hydrogens is 222 g/mol. The van der Waals surface area contributed by atoms with Crippen LogP contribution in [0.1, 0.15) is 0 Å². The Morgan fingerprint density at radius 2 is 1.93 bits per heavy atom. The van der Waals surface area contributed by atoms with Crippen molar-refractivity contribution in [3.63, 3.8) is 0 Å². The molecule has 1 N–H and O–H groups in total. The van der Waals surface area contributed by atoms with Gasteiger partial charge in [-0.2, -0.15) is 0 Å². The molecule has 0 atom stereocenters. The maximum Gasteiger partial charge on any atom is 0.270 e. The van der Waals surface area contributed by atoms with E-state index >= 15 is 0 Å². The number of ether oxygens (including phenoxy) is 1. The van der Waals surface area contributed by atoms with Gasteiger partial charge in [0.1, 0.15) is 0 Å². The van der Waals surface area contributed by atoms with Crippen molar-refractivity contribution in [2.24, 2.45) is 0 Å². The van der Waals surface area contributed by atoms with E-state index in [0.29, 0.717) is 0 Å². The summed E-state index contributed by atoms with van der Waals surface area (Å²) in [6.07, 6.45) is 0. The molecule has 0 spiro atoms. The first-order valence-corrected chi connectivity index (χ1v) is 5.61. The minimum absolute atomic E-state index is 0.152. The maximum atomic E-state index is 11.5. The summed E-state index contributed by atoms with van der Waals surface area (Å²) in [5.74, 6) is 0. The lowest BCUT2D eigenvalue weighted by Crippen LogP contribution is -2.30. The average Bonchev–Trinajstić information content (AvgIpc) is 2.18. The Morgan fingerprint density at radius 3 is 2.43 bits per heavy atom. The number of hydrogen-bond donors (Lipinski definition) is 1. The summed E-state index contributed by atoms with van der Waals surface area (Å²) in [6, 6.07) is 7.93. The van der Waals surface area contributed by atoms with Gasteiger partial charge in [0, 0.05) is 0 Å². The summed E-state index contributed by atoms with van der Waals surface area (Å²) in [6.45, 7) is 0. The van der Waals surface area contributed by atoms with Crippen molar-refractivity contribution < 1.29 is 13.2 Å². The predicted octanol–water partition coefficient (Wildman–Crippen LogP) is 0.896. The molecule has 0 unspecified atom stereocenters. The van der Waals surface area contributed by atoms with Gasteiger partial charge in [-0.25, -0.2) is 13.1 Å². The summed E-state index contributed by atoms with van der Waals surface area (Å²) >= 11 is 4.59. The van der Waals surface area contributed by atoms with Crippen molar-refractivity contribution >= 4 is 27.4 Å². The van der Waals surface area contributed by atoms with Crippen LogP contribution < -0.4 is 4.72 Å². The molecule has 0 aliphatic heterocycles. The molecule has 0 aliphatic carbocycles. The van der Waals surface area contributed by atoms with Crippen LogP contribution in [-0.2, 0) is 14.8 Å². The topological polar surface area (TPSA) is 55.4 Å². The van der Waals surface area contributed by atoms with Gasteiger partial charge < -0.3 is 4.74 Å². The first kappa shape index (κ1) is 10.9. The van der Waals surface area contributed by atoms with Gasteiger partial charge in [0.2, 0.25) is 0 Å². The fourth-order valence-electron chi connectivity index (χ4n) is 0.810. The minimum Gasteiger partial charge on any atom is -0.474 e. The van der Waals surface area contributed by atoms with Gasteiger partial charge >= 0.3 is 0 Å². The fourth-order valence-corrected chi connectivity index (χ4v) is 2.08. The van der Waals surface area contributed by atoms with Gasteiger partial charge in [-0.3, -0.25) is 0 Å². The van der Waals surface area contributed by atoms with Crippen molar-refractivity contribution in [1.29, 1.82) is 0 Å². The molecule has 4 nitrogen and oxygen atoms in total. The maximum absolute atomic E-state index is 11.5. The molecule has 1 rings (SSSR count). The summed E-state index contributed by atoms with van der Waals surface area (Å²) in [5.41, 5.74) is 0. The van der Waals surface area contributed by atoms with Crippen molar-refractivity contribution in [1.82, 2.24) is 4.72 Å². The third kappa shape index (κ3) is 2.68. The molecule has 76 valence electrons. The summed E-state index contributed by atoms with van der Waals surface area (Å²) in [5, 5.41) is -0.172. The molecule has 0 aliphatic rings. The Kier molecular flexibility index (Phi) is 3.43. The van der Waals surface area contributed by atoms with Crippen LogP contribution in [0.2, 0.25) is 0 Å². The van der Waals surface area contributed by atoms with Crippen LogP contribution >= 0.6 is 12.2 Å². The third-order valence-electron chi connectivity index (χ3n) is 1.46. The molecule has 0 aromatic heterocycles. The van der Waals surface area contributed by atoms with Gasteiger partial charge in [-0.1, -0.05) is 18.2 Å². The molecular formula is C8H9NO3S2. The minimum atomic E-state index is -3.59. The van der Waals surface area contributed by atoms with Crippen LogP contribution in [0.5, 0.6) is 0 Å². The van der Waals surface area contributed by atoms with Crippen molar-refractivity contribution in [2.75, 3.05) is 7.11 Å². The third-order valence-corrected chi connectivity index (χ3v) is 3.20. The highest BCUT2D eigenvalue weighted by Crippen LogP contribution is 2.06. The molecule has 0 radical (unpaired) electrons. The van der Waals surface area contributed by atoms with E-state index in [1.165, 1.54) is 19.2 Å². The number of sulfonamides is 1. The van der Waals surface area contributed by atoms with Crippen LogP contribution in [0.25, 0.3) is 0 Å². The van der Waals surface area contributed by atoms with Crippen LogP contribution in [-0.4, -0.2) is 20.7 Å². The van der Waals surface area contributed by atoms with E-state index in [2.05, 4.69) is 21.7 Å². The Balaban J connectivity index is 2.93. The van der Waals surface area contributed by atoms with Crippen LogP contribution in [0, 0.1) is 0 Å². The Bertz CT molecular complexity index is 413. The molecule has 0 heterocycles. The second-order valence-corrected chi connectivity index (χ2v) is 4.46. The van der Waals surface area contributed by atoms with Crippen LogP contribution in [0.4, 0.5) is 0 Å². The van der Waals surface area contributed by atoms with Gasteiger partial charge in [-0.15, -0.1) is 0 Å². The number of nitrogens with one attached hydrogen (secondary N) is 1. The summed E-state index contributed by atoms with van der Waals surface area (Å²) in [4.78, 5) is 0.152. The van der Waals surface area contributed by atoms with Crippen molar-refractivity contribution in [3.8, 4) is 0 Å². The second-order valence-electron chi connectivity index (χ2n) is 2.41. The Morgan fingerprint density at radius 1 is 1.36 bits per heavy atom. The van der Waals surface area contributed by atoms with E-state index in [1.54, 1.807) is 18.2 Å². The molecule has 0 saturated heterocycles. The number of thiocarbonyl (C=S) groups is 1. The predicted molar refractivity (Wildman–Crippen MR) is 56.4 cm³/mol. The lowest BCUT2D eigenvalue weighted by molar-refractivity contribution is 0.402. The van der Waals surface area contributed by atoms with E-state index in [1.807, 2.05) is 0 Å². The second kappa shape index (κ2) is 4.39. The highest BCUT2D eigenvalue weighted by molar-refractivity contribution is 7.91. The highest BCUT2D eigenvalue weighted by Gasteiger charge is 2.14. The number of rotatable bonds is 2. The molecule has 0 fully saturated rings.